The first-order valence-electron chi connectivity index (χ1n) is 9.45. The molecule has 0 unspecified atom stereocenters. The zero-order valence-electron chi connectivity index (χ0n) is 16.6. The summed E-state index contributed by atoms with van der Waals surface area (Å²) in [5.74, 6) is -0.648. The number of thiophene rings is 1. The smallest absolute Gasteiger partial charge is 0.336 e. The highest BCUT2D eigenvalue weighted by atomic mass is 32.2. The van der Waals surface area contributed by atoms with Gasteiger partial charge in [-0.1, -0.05) is 36.0 Å². The second-order valence-electron chi connectivity index (χ2n) is 6.43. The molecule has 0 aliphatic carbocycles. The molecule has 0 radical (unpaired) electrons. The van der Waals surface area contributed by atoms with Crippen molar-refractivity contribution in [2.75, 3.05) is 10.7 Å². The van der Waals surface area contributed by atoms with Gasteiger partial charge in [0.25, 0.3) is 0 Å². The molecule has 4 rings (SSSR count). The molecule has 1 aliphatic rings. The fourth-order valence-corrected chi connectivity index (χ4v) is 4.25. The highest BCUT2D eigenvalue weighted by Gasteiger charge is 2.30. The van der Waals surface area contributed by atoms with Crippen LogP contribution < -0.4 is 9.64 Å². The van der Waals surface area contributed by atoms with Crippen LogP contribution in [-0.4, -0.2) is 29.0 Å². The largest absolute Gasteiger partial charge is 0.423 e. The van der Waals surface area contributed by atoms with E-state index in [2.05, 4.69) is 10.2 Å². The van der Waals surface area contributed by atoms with Gasteiger partial charge in [-0.05, 0) is 47.9 Å². The number of ether oxygens (including phenoxy) is 1. The van der Waals surface area contributed by atoms with Gasteiger partial charge in [-0.3, -0.25) is 9.69 Å². The van der Waals surface area contributed by atoms with E-state index in [0.717, 1.165) is 4.88 Å². The first-order chi connectivity index (χ1) is 15.6. The zero-order valence-corrected chi connectivity index (χ0v) is 18.2. The van der Waals surface area contributed by atoms with E-state index in [4.69, 9.17) is 4.74 Å². The third kappa shape index (κ3) is 5.37. The molecule has 0 spiro atoms. The summed E-state index contributed by atoms with van der Waals surface area (Å²) < 4.78 is 19.0. The second kappa shape index (κ2) is 10.2. The summed E-state index contributed by atoms with van der Waals surface area (Å²) in [6, 6.07) is 16.4. The summed E-state index contributed by atoms with van der Waals surface area (Å²) >= 11 is 2.73. The molecule has 2 aromatic carbocycles. The first-order valence-corrected chi connectivity index (χ1v) is 11.3. The van der Waals surface area contributed by atoms with Gasteiger partial charge in [-0.2, -0.15) is 5.10 Å². The van der Waals surface area contributed by atoms with Gasteiger partial charge in [0.05, 0.1) is 17.7 Å². The van der Waals surface area contributed by atoms with Gasteiger partial charge in [-0.25, -0.2) is 9.18 Å². The van der Waals surface area contributed by atoms with Crippen LogP contribution in [0, 0.1) is 5.82 Å². The van der Waals surface area contributed by atoms with E-state index in [9.17, 15) is 14.0 Å². The third-order valence-electron chi connectivity index (χ3n) is 4.23. The molecule has 32 heavy (non-hydrogen) atoms. The van der Waals surface area contributed by atoms with Crippen molar-refractivity contribution >= 4 is 58.1 Å². The van der Waals surface area contributed by atoms with Crippen LogP contribution in [0.2, 0.25) is 0 Å². The van der Waals surface area contributed by atoms with Crippen molar-refractivity contribution in [3.05, 3.63) is 88.4 Å². The Morgan fingerprint density at radius 3 is 2.81 bits per heavy atom. The lowest BCUT2D eigenvalue weighted by atomic mass is 10.2. The molecule has 0 atom stereocenters. The minimum Gasteiger partial charge on any atom is -0.423 e. The van der Waals surface area contributed by atoms with E-state index >= 15 is 0 Å². The van der Waals surface area contributed by atoms with E-state index in [1.165, 1.54) is 58.5 Å². The number of nitrogens with zero attached hydrogens (tertiary/aromatic N) is 3. The highest BCUT2D eigenvalue weighted by molar-refractivity contribution is 8.15. The monoisotopic (exact) mass is 465 g/mol. The maximum Gasteiger partial charge on any atom is 0.336 e. The van der Waals surface area contributed by atoms with Gasteiger partial charge in [0.2, 0.25) is 5.91 Å². The predicted octanol–water partition coefficient (Wildman–Crippen LogP) is 4.98. The van der Waals surface area contributed by atoms with Crippen LogP contribution >= 0.6 is 23.1 Å². The quantitative estimate of drug-likeness (QED) is 0.169. The number of hydrogen-bond acceptors (Lipinski definition) is 7. The number of anilines is 1. The number of para-hydroxylation sites is 1. The van der Waals surface area contributed by atoms with Gasteiger partial charge in [0, 0.05) is 16.5 Å². The molecule has 160 valence electrons. The number of amides is 1. The Balaban J connectivity index is 1.49. The first kappa shape index (κ1) is 21.7. The number of carbonyl (C=O) groups excluding carboxylic acids is 2. The molecule has 9 heteroatoms. The molecule has 0 saturated carbocycles. The number of hydrogen-bond donors (Lipinski definition) is 0. The molecule has 0 bridgehead atoms. The fourth-order valence-electron chi connectivity index (χ4n) is 2.80. The summed E-state index contributed by atoms with van der Waals surface area (Å²) in [5.41, 5.74) is 0.933. The Morgan fingerprint density at radius 2 is 2.00 bits per heavy atom. The summed E-state index contributed by atoms with van der Waals surface area (Å²) in [6.45, 7) is 0. The van der Waals surface area contributed by atoms with Crippen LogP contribution in [0.4, 0.5) is 10.1 Å². The van der Waals surface area contributed by atoms with Crippen molar-refractivity contribution in [1.82, 2.24) is 0 Å². The van der Waals surface area contributed by atoms with Gasteiger partial charge < -0.3 is 4.74 Å². The van der Waals surface area contributed by atoms with Crippen LogP contribution in [0.1, 0.15) is 10.4 Å². The molecule has 2 heterocycles. The lowest BCUT2D eigenvalue weighted by Crippen LogP contribution is -2.29. The zero-order chi connectivity index (χ0) is 22.3. The minimum atomic E-state index is -0.514. The molecule has 1 fully saturated rings. The Bertz CT molecular complexity index is 1220. The van der Waals surface area contributed by atoms with Crippen molar-refractivity contribution in [3.8, 4) is 5.75 Å². The van der Waals surface area contributed by atoms with Crippen molar-refractivity contribution in [2.45, 2.75) is 0 Å². The average molecular weight is 466 g/mol. The fraction of sp³-hybridized carbons (Fsp3) is 0.0435. The summed E-state index contributed by atoms with van der Waals surface area (Å²) in [4.78, 5) is 26.7. The SMILES string of the molecule is O=C(/C=C/c1cccs1)Oc1ccccc1/C=N/N=C1\SCC(=O)N1c1cccc(F)c1. The van der Waals surface area contributed by atoms with Crippen LogP contribution in [-0.2, 0) is 9.59 Å². The normalized spacial score (nSPS) is 15.3. The van der Waals surface area contributed by atoms with Gasteiger partial charge >= 0.3 is 5.97 Å². The molecule has 6 nitrogen and oxygen atoms in total. The maximum atomic E-state index is 13.6. The topological polar surface area (TPSA) is 71.3 Å². The number of esters is 1. The lowest BCUT2D eigenvalue weighted by molar-refractivity contribution is -0.128. The summed E-state index contributed by atoms with van der Waals surface area (Å²) in [5, 5.41) is 10.4. The minimum absolute atomic E-state index is 0.190. The summed E-state index contributed by atoms with van der Waals surface area (Å²) in [6.07, 6.45) is 4.48. The van der Waals surface area contributed by atoms with Crippen LogP contribution in [0.3, 0.4) is 0 Å². The van der Waals surface area contributed by atoms with E-state index in [0.29, 0.717) is 22.2 Å². The summed E-state index contributed by atoms with van der Waals surface area (Å²) in [7, 11) is 0. The number of rotatable bonds is 6. The second-order valence-corrected chi connectivity index (χ2v) is 8.35. The van der Waals surface area contributed by atoms with Crippen LogP contribution in [0.5, 0.6) is 5.75 Å². The Hall–Kier alpha value is -3.56. The number of benzene rings is 2. The molecule has 0 N–H and O–H groups in total. The maximum absolute atomic E-state index is 13.6. The number of carbonyl (C=O) groups is 2. The Morgan fingerprint density at radius 1 is 1.12 bits per heavy atom. The van der Waals surface area contributed by atoms with Crippen LogP contribution in [0.15, 0.2) is 82.3 Å². The van der Waals surface area contributed by atoms with Gasteiger partial charge in [-0.15, -0.1) is 16.4 Å². The Labute approximate surface area is 191 Å². The lowest BCUT2D eigenvalue weighted by Gasteiger charge is -2.14. The number of halogens is 1. The molecule has 1 aromatic heterocycles. The number of thioether (sulfide) groups is 1. The number of amidine groups is 1. The molecule has 1 amide bonds. The molecule has 1 aliphatic heterocycles. The predicted molar refractivity (Wildman–Crippen MR) is 127 cm³/mol. The van der Waals surface area contributed by atoms with Crippen molar-refractivity contribution in [3.63, 3.8) is 0 Å². The molecular formula is C23H16FN3O3S2. The van der Waals surface area contributed by atoms with Crippen LogP contribution in [0.25, 0.3) is 6.08 Å². The van der Waals surface area contributed by atoms with E-state index in [1.807, 2.05) is 17.5 Å². The third-order valence-corrected chi connectivity index (χ3v) is 5.98. The standard InChI is InChI=1S/C23H16FN3O3S2/c24-17-6-3-7-18(13-17)27-21(28)15-32-23(27)26-25-14-16-5-1-2-9-20(16)30-22(29)11-10-19-8-4-12-31-19/h1-14H,15H2/b11-10+,25-14+,26-23-. The molecule has 1 saturated heterocycles. The van der Waals surface area contributed by atoms with E-state index < -0.39 is 11.8 Å². The Kier molecular flexibility index (Phi) is 6.88. The van der Waals surface area contributed by atoms with E-state index in [-0.39, 0.29) is 11.7 Å². The van der Waals surface area contributed by atoms with Crippen molar-refractivity contribution in [2.24, 2.45) is 10.2 Å². The molecule has 3 aromatic rings. The highest BCUT2D eigenvalue weighted by Crippen LogP contribution is 2.27. The average Bonchev–Trinajstić information content (AvgIpc) is 3.43. The van der Waals surface area contributed by atoms with Crippen molar-refractivity contribution < 1.29 is 18.7 Å². The van der Waals surface area contributed by atoms with Gasteiger partial charge in [0.1, 0.15) is 11.6 Å². The molecular weight excluding hydrogens is 449 g/mol. The van der Waals surface area contributed by atoms with E-state index in [1.54, 1.807) is 36.4 Å². The van der Waals surface area contributed by atoms with Gasteiger partial charge in [0.15, 0.2) is 5.17 Å². The van der Waals surface area contributed by atoms with Crippen molar-refractivity contribution in [1.29, 1.82) is 0 Å².